The van der Waals surface area contributed by atoms with Crippen molar-refractivity contribution in [3.05, 3.63) is 58.6 Å². The first-order valence-corrected chi connectivity index (χ1v) is 11.7. The van der Waals surface area contributed by atoms with Crippen molar-refractivity contribution in [2.45, 2.75) is 46.5 Å². The fourth-order valence-corrected chi connectivity index (χ4v) is 4.05. The molecular weight excluding hydrogens is 422 g/mol. The van der Waals surface area contributed by atoms with E-state index in [0.717, 1.165) is 5.69 Å². The summed E-state index contributed by atoms with van der Waals surface area (Å²) < 4.78 is 0. The van der Waals surface area contributed by atoms with E-state index in [1.54, 1.807) is 6.07 Å². The van der Waals surface area contributed by atoms with Crippen molar-refractivity contribution in [3.8, 4) is 0 Å². The standard InChI is InChI=1S/C26H34ClN3O2/c1-18(2)16-24(31)30-14-12-29(13-15-30)23-11-10-21(27)17-22(23)28-25(32)19-6-8-20(9-7-19)26(3,4)5/h6-11,17-18H,12-16H2,1-5H3,(H,28,32). The molecule has 2 aromatic rings. The Kier molecular flexibility index (Phi) is 7.50. The number of anilines is 2. The molecule has 5 nitrogen and oxygen atoms in total. The molecule has 1 N–H and O–H groups in total. The van der Waals surface area contributed by atoms with Crippen molar-refractivity contribution in [3.63, 3.8) is 0 Å². The van der Waals surface area contributed by atoms with Crippen molar-refractivity contribution in [2.75, 3.05) is 36.4 Å². The van der Waals surface area contributed by atoms with E-state index in [4.69, 9.17) is 11.6 Å². The molecule has 0 aliphatic carbocycles. The van der Waals surface area contributed by atoms with Crippen LogP contribution in [0.3, 0.4) is 0 Å². The van der Waals surface area contributed by atoms with Crippen LogP contribution >= 0.6 is 11.6 Å². The molecule has 0 spiro atoms. The Balaban J connectivity index is 1.72. The van der Waals surface area contributed by atoms with Crippen LogP contribution in [0.25, 0.3) is 0 Å². The number of amides is 2. The molecule has 1 aliphatic rings. The predicted molar refractivity (Wildman–Crippen MR) is 133 cm³/mol. The third kappa shape index (κ3) is 6.04. The fourth-order valence-electron chi connectivity index (χ4n) is 3.88. The predicted octanol–water partition coefficient (Wildman–Crippen LogP) is 5.58. The van der Waals surface area contributed by atoms with E-state index in [2.05, 4.69) is 44.8 Å². The van der Waals surface area contributed by atoms with Gasteiger partial charge in [0, 0.05) is 43.2 Å². The second kappa shape index (κ2) is 9.95. The van der Waals surface area contributed by atoms with Crippen LogP contribution in [-0.4, -0.2) is 42.9 Å². The minimum absolute atomic E-state index is 0.0355. The van der Waals surface area contributed by atoms with Gasteiger partial charge in [-0.15, -0.1) is 0 Å². The van der Waals surface area contributed by atoms with E-state index in [1.165, 1.54) is 5.56 Å². The maximum atomic E-state index is 12.9. The molecule has 0 unspecified atom stereocenters. The first kappa shape index (κ1) is 24.1. The van der Waals surface area contributed by atoms with Gasteiger partial charge in [-0.1, -0.05) is 58.4 Å². The van der Waals surface area contributed by atoms with Gasteiger partial charge in [-0.2, -0.15) is 0 Å². The SMILES string of the molecule is CC(C)CC(=O)N1CCN(c2ccc(Cl)cc2NC(=O)c2ccc(C(C)(C)C)cc2)CC1. The van der Waals surface area contributed by atoms with E-state index in [9.17, 15) is 9.59 Å². The summed E-state index contributed by atoms with van der Waals surface area (Å²) in [5.41, 5.74) is 3.43. The average Bonchev–Trinajstić information content (AvgIpc) is 2.73. The Morgan fingerprint density at radius 1 is 1.00 bits per heavy atom. The zero-order chi connectivity index (χ0) is 23.5. The molecule has 2 aromatic carbocycles. The van der Waals surface area contributed by atoms with Gasteiger partial charge in [-0.05, 0) is 47.2 Å². The number of nitrogens with one attached hydrogen (secondary N) is 1. The monoisotopic (exact) mass is 455 g/mol. The van der Waals surface area contributed by atoms with Crippen LogP contribution in [0.2, 0.25) is 5.02 Å². The molecule has 0 bridgehead atoms. The average molecular weight is 456 g/mol. The molecule has 1 heterocycles. The zero-order valence-electron chi connectivity index (χ0n) is 19.7. The molecule has 1 fully saturated rings. The molecule has 0 radical (unpaired) electrons. The van der Waals surface area contributed by atoms with E-state index in [-0.39, 0.29) is 17.2 Å². The third-order valence-electron chi connectivity index (χ3n) is 5.78. The highest BCUT2D eigenvalue weighted by atomic mass is 35.5. The minimum atomic E-state index is -0.167. The third-order valence-corrected chi connectivity index (χ3v) is 6.01. The smallest absolute Gasteiger partial charge is 0.255 e. The first-order valence-electron chi connectivity index (χ1n) is 11.3. The Hall–Kier alpha value is -2.53. The number of benzene rings is 2. The second-order valence-electron chi connectivity index (χ2n) is 9.91. The molecular formula is C26H34ClN3O2. The van der Waals surface area contributed by atoms with Gasteiger partial charge < -0.3 is 15.1 Å². The van der Waals surface area contributed by atoms with Gasteiger partial charge in [-0.3, -0.25) is 9.59 Å². The van der Waals surface area contributed by atoms with Crippen LogP contribution in [0.15, 0.2) is 42.5 Å². The summed E-state index contributed by atoms with van der Waals surface area (Å²) in [7, 11) is 0. The molecule has 1 saturated heterocycles. The van der Waals surface area contributed by atoms with Crippen molar-refractivity contribution >= 4 is 34.8 Å². The highest BCUT2D eigenvalue weighted by molar-refractivity contribution is 6.31. The van der Waals surface area contributed by atoms with Crippen LogP contribution in [0.4, 0.5) is 11.4 Å². The number of carbonyl (C=O) groups excluding carboxylic acids is 2. The number of rotatable bonds is 5. The summed E-state index contributed by atoms with van der Waals surface area (Å²) in [6.07, 6.45) is 0.580. The lowest BCUT2D eigenvalue weighted by atomic mass is 9.87. The van der Waals surface area contributed by atoms with Gasteiger partial charge in [0.2, 0.25) is 5.91 Å². The number of halogens is 1. The minimum Gasteiger partial charge on any atom is -0.366 e. The van der Waals surface area contributed by atoms with E-state index < -0.39 is 0 Å². The quantitative estimate of drug-likeness (QED) is 0.639. The summed E-state index contributed by atoms with van der Waals surface area (Å²) in [5, 5.41) is 3.61. The second-order valence-corrected chi connectivity index (χ2v) is 10.3. The molecule has 0 aromatic heterocycles. The molecule has 2 amide bonds. The van der Waals surface area contributed by atoms with Crippen molar-refractivity contribution in [1.82, 2.24) is 4.90 Å². The molecule has 3 rings (SSSR count). The maximum absolute atomic E-state index is 12.9. The summed E-state index contributed by atoms with van der Waals surface area (Å²) in [6.45, 7) is 13.4. The highest BCUT2D eigenvalue weighted by Crippen LogP contribution is 2.31. The van der Waals surface area contributed by atoms with Crippen molar-refractivity contribution in [1.29, 1.82) is 0 Å². The normalized spacial score (nSPS) is 14.6. The van der Waals surface area contributed by atoms with E-state index in [0.29, 0.717) is 54.8 Å². The topological polar surface area (TPSA) is 52.7 Å². The van der Waals surface area contributed by atoms with Crippen LogP contribution in [0, 0.1) is 5.92 Å². The van der Waals surface area contributed by atoms with Gasteiger partial charge in [0.05, 0.1) is 11.4 Å². The van der Waals surface area contributed by atoms with Crippen molar-refractivity contribution < 1.29 is 9.59 Å². The highest BCUT2D eigenvalue weighted by Gasteiger charge is 2.24. The molecule has 172 valence electrons. The number of carbonyl (C=O) groups is 2. The Morgan fingerprint density at radius 2 is 1.62 bits per heavy atom. The molecule has 0 atom stereocenters. The lowest BCUT2D eigenvalue weighted by Crippen LogP contribution is -2.49. The van der Waals surface area contributed by atoms with E-state index >= 15 is 0 Å². The molecule has 0 saturated carbocycles. The van der Waals surface area contributed by atoms with Gasteiger partial charge in [0.25, 0.3) is 5.91 Å². The number of nitrogens with zero attached hydrogens (tertiary/aromatic N) is 2. The Morgan fingerprint density at radius 3 is 2.19 bits per heavy atom. The van der Waals surface area contributed by atoms with Crippen molar-refractivity contribution in [2.24, 2.45) is 5.92 Å². The maximum Gasteiger partial charge on any atom is 0.255 e. The van der Waals surface area contributed by atoms with Crippen LogP contribution in [-0.2, 0) is 10.2 Å². The summed E-state index contributed by atoms with van der Waals surface area (Å²) in [4.78, 5) is 29.5. The number of hydrogen-bond donors (Lipinski definition) is 1. The zero-order valence-corrected chi connectivity index (χ0v) is 20.5. The van der Waals surface area contributed by atoms with Crippen LogP contribution < -0.4 is 10.2 Å². The fraction of sp³-hybridized carbons (Fsp3) is 0.462. The Bertz CT molecular complexity index is 956. The lowest BCUT2D eigenvalue weighted by molar-refractivity contribution is -0.132. The summed E-state index contributed by atoms with van der Waals surface area (Å²) in [5.74, 6) is 0.402. The summed E-state index contributed by atoms with van der Waals surface area (Å²) in [6, 6.07) is 13.3. The van der Waals surface area contributed by atoms with Gasteiger partial charge in [-0.25, -0.2) is 0 Å². The molecule has 32 heavy (non-hydrogen) atoms. The van der Waals surface area contributed by atoms with Gasteiger partial charge in [0.1, 0.15) is 0 Å². The molecule has 1 aliphatic heterocycles. The van der Waals surface area contributed by atoms with Crippen LogP contribution in [0.5, 0.6) is 0 Å². The first-order chi connectivity index (χ1) is 15.0. The Labute approximate surface area is 196 Å². The number of hydrogen-bond acceptors (Lipinski definition) is 3. The number of piperazine rings is 1. The van der Waals surface area contributed by atoms with Crippen LogP contribution in [0.1, 0.15) is 57.0 Å². The van der Waals surface area contributed by atoms with E-state index in [1.807, 2.05) is 41.3 Å². The largest absolute Gasteiger partial charge is 0.366 e. The summed E-state index contributed by atoms with van der Waals surface area (Å²) >= 11 is 6.25. The van der Waals surface area contributed by atoms with Gasteiger partial charge >= 0.3 is 0 Å². The lowest BCUT2D eigenvalue weighted by Gasteiger charge is -2.37. The van der Waals surface area contributed by atoms with Gasteiger partial charge in [0.15, 0.2) is 0 Å². The molecule has 6 heteroatoms.